The van der Waals surface area contributed by atoms with Gasteiger partial charge in [-0.25, -0.2) is 0 Å². The van der Waals surface area contributed by atoms with Crippen LogP contribution in [0, 0.1) is 6.92 Å². The predicted molar refractivity (Wildman–Crippen MR) is 120 cm³/mol. The first-order chi connectivity index (χ1) is 14.6. The van der Waals surface area contributed by atoms with Crippen molar-refractivity contribution in [2.24, 2.45) is 0 Å². The minimum atomic E-state index is -0.874. The number of carbonyl (C=O) groups excluding carboxylic acids is 1. The quantitative estimate of drug-likeness (QED) is 0.703. The molecule has 4 nitrogen and oxygen atoms in total. The van der Waals surface area contributed by atoms with Crippen LogP contribution in [0.5, 0.6) is 0 Å². The summed E-state index contributed by atoms with van der Waals surface area (Å²) >= 11 is 0. The van der Waals surface area contributed by atoms with Crippen LogP contribution in [-0.4, -0.2) is 47.0 Å². The molecule has 30 heavy (non-hydrogen) atoms. The molecule has 1 atom stereocenters. The molecule has 0 radical (unpaired) electrons. The van der Waals surface area contributed by atoms with E-state index >= 15 is 0 Å². The van der Waals surface area contributed by atoms with Gasteiger partial charge in [0.1, 0.15) is 0 Å². The molecule has 1 N–H and O–H groups in total. The molecule has 2 heterocycles. The summed E-state index contributed by atoms with van der Waals surface area (Å²) in [5.41, 5.74) is 4.30. The smallest absolute Gasteiger partial charge is 0.256 e. The summed E-state index contributed by atoms with van der Waals surface area (Å²) in [5.74, 6) is 0.550. The lowest BCUT2D eigenvalue weighted by Gasteiger charge is -2.37. The van der Waals surface area contributed by atoms with E-state index in [1.54, 1.807) is 4.90 Å². The number of amides is 1. The Kier molecular flexibility index (Phi) is 5.05. The maximum absolute atomic E-state index is 13.1. The van der Waals surface area contributed by atoms with E-state index in [1.807, 2.05) is 36.4 Å². The molecule has 1 saturated heterocycles. The molecule has 1 fully saturated rings. The van der Waals surface area contributed by atoms with Crippen molar-refractivity contribution in [3.8, 4) is 0 Å². The Morgan fingerprint density at radius 1 is 0.967 bits per heavy atom. The van der Waals surface area contributed by atoms with Gasteiger partial charge in [0.15, 0.2) is 6.23 Å². The molecular formula is C26H28N2O2. The summed E-state index contributed by atoms with van der Waals surface area (Å²) in [4.78, 5) is 17.2. The van der Waals surface area contributed by atoms with Gasteiger partial charge in [-0.1, -0.05) is 60.2 Å². The highest BCUT2D eigenvalue weighted by Gasteiger charge is 2.33. The average Bonchev–Trinajstić information content (AvgIpc) is 2.78. The lowest BCUT2D eigenvalue weighted by Crippen LogP contribution is -2.44. The van der Waals surface area contributed by atoms with Gasteiger partial charge in [-0.05, 0) is 55.8 Å². The number of piperidine rings is 1. The molecule has 0 saturated carbocycles. The first-order valence-corrected chi connectivity index (χ1v) is 10.9. The summed E-state index contributed by atoms with van der Waals surface area (Å²) in [6.07, 6.45) is 1.41. The van der Waals surface area contributed by atoms with Crippen molar-refractivity contribution in [3.05, 3.63) is 82.9 Å². The molecule has 4 heteroatoms. The van der Waals surface area contributed by atoms with Gasteiger partial charge in [0.05, 0.1) is 0 Å². The van der Waals surface area contributed by atoms with Crippen molar-refractivity contribution in [2.75, 3.05) is 26.2 Å². The van der Waals surface area contributed by atoms with Crippen LogP contribution < -0.4 is 0 Å². The number of aryl methyl sites for hydroxylation is 1. The zero-order valence-corrected chi connectivity index (χ0v) is 17.4. The van der Waals surface area contributed by atoms with E-state index in [0.29, 0.717) is 18.0 Å². The van der Waals surface area contributed by atoms with Crippen LogP contribution >= 0.6 is 0 Å². The van der Waals surface area contributed by atoms with Gasteiger partial charge in [0.25, 0.3) is 5.91 Å². The lowest BCUT2D eigenvalue weighted by atomic mass is 9.88. The number of carbonyl (C=O) groups is 1. The van der Waals surface area contributed by atoms with Crippen LogP contribution in [0.4, 0.5) is 0 Å². The molecule has 1 unspecified atom stereocenters. The molecule has 0 spiro atoms. The van der Waals surface area contributed by atoms with Gasteiger partial charge in [-0.15, -0.1) is 0 Å². The monoisotopic (exact) mass is 400 g/mol. The van der Waals surface area contributed by atoms with Gasteiger partial charge >= 0.3 is 0 Å². The van der Waals surface area contributed by atoms with Crippen LogP contribution in [0.3, 0.4) is 0 Å². The number of rotatable bonds is 4. The topological polar surface area (TPSA) is 43.8 Å². The predicted octanol–water partition coefficient (Wildman–Crippen LogP) is 4.47. The summed E-state index contributed by atoms with van der Waals surface area (Å²) in [6.45, 7) is 5.55. The van der Waals surface area contributed by atoms with Crippen molar-refractivity contribution in [1.29, 1.82) is 0 Å². The molecule has 0 bridgehead atoms. The third-order valence-electron chi connectivity index (χ3n) is 6.76. The summed E-state index contributed by atoms with van der Waals surface area (Å²) in [7, 11) is 0. The molecule has 5 rings (SSSR count). The van der Waals surface area contributed by atoms with E-state index in [1.165, 1.54) is 11.1 Å². The first kappa shape index (κ1) is 19.3. The molecule has 1 amide bonds. The Hall–Kier alpha value is -2.69. The zero-order valence-electron chi connectivity index (χ0n) is 17.4. The molecule has 0 aliphatic carbocycles. The second kappa shape index (κ2) is 7.86. The van der Waals surface area contributed by atoms with Crippen molar-refractivity contribution >= 4 is 16.7 Å². The molecule has 3 aromatic carbocycles. The molecule has 2 aliphatic heterocycles. The fourth-order valence-electron chi connectivity index (χ4n) is 5.08. The number of likely N-dealkylation sites (tertiary alicyclic amines) is 1. The van der Waals surface area contributed by atoms with E-state index in [4.69, 9.17) is 0 Å². The second-order valence-electron chi connectivity index (χ2n) is 8.65. The van der Waals surface area contributed by atoms with E-state index < -0.39 is 6.23 Å². The van der Waals surface area contributed by atoms with E-state index in [2.05, 4.69) is 36.1 Å². The van der Waals surface area contributed by atoms with Crippen molar-refractivity contribution in [1.82, 2.24) is 9.80 Å². The largest absolute Gasteiger partial charge is 0.369 e. The Labute approximate surface area is 177 Å². The van der Waals surface area contributed by atoms with Gasteiger partial charge in [0.2, 0.25) is 0 Å². The average molecular weight is 401 g/mol. The molecule has 154 valence electrons. The second-order valence-corrected chi connectivity index (χ2v) is 8.65. The van der Waals surface area contributed by atoms with E-state index in [0.717, 1.165) is 48.8 Å². The van der Waals surface area contributed by atoms with Gasteiger partial charge in [-0.2, -0.15) is 0 Å². The van der Waals surface area contributed by atoms with Crippen LogP contribution in [0.1, 0.15) is 52.0 Å². The maximum atomic E-state index is 13.1. The summed E-state index contributed by atoms with van der Waals surface area (Å²) in [6, 6.07) is 20.5. The number of benzene rings is 3. The lowest BCUT2D eigenvalue weighted by molar-refractivity contribution is 0.000257. The van der Waals surface area contributed by atoms with Crippen molar-refractivity contribution in [3.63, 3.8) is 0 Å². The van der Waals surface area contributed by atoms with E-state index in [9.17, 15) is 9.90 Å². The normalized spacial score (nSPS) is 20.1. The number of nitrogens with zero attached hydrogens (tertiary/aromatic N) is 2. The van der Waals surface area contributed by atoms with Crippen LogP contribution in [0.15, 0.2) is 60.7 Å². The fourth-order valence-corrected chi connectivity index (χ4v) is 5.08. The van der Waals surface area contributed by atoms with E-state index in [-0.39, 0.29) is 5.91 Å². The molecule has 3 aromatic rings. The number of hydrogen-bond donors (Lipinski definition) is 1. The number of aliphatic hydroxyl groups is 1. The van der Waals surface area contributed by atoms with Gasteiger partial charge in [-0.3, -0.25) is 4.79 Å². The SMILES string of the molecule is Cc1cccc(C2CCN(CCN3C(=O)c4cccc5cccc(c45)C3O)CC2)c1. The standard InChI is InChI=1S/C26H28N2O2/c1-18-5-2-8-21(17-18)19-11-13-27(14-12-19)15-16-28-25(29)22-9-3-6-20-7-4-10-23(24(20)22)26(28)30/h2-10,17,19,25,29H,11-16H2,1H3. The zero-order chi connectivity index (χ0) is 20.7. The highest BCUT2D eigenvalue weighted by Crippen LogP contribution is 2.35. The molecule has 0 aromatic heterocycles. The van der Waals surface area contributed by atoms with Crippen molar-refractivity contribution < 1.29 is 9.90 Å². The minimum Gasteiger partial charge on any atom is -0.369 e. The fraction of sp³-hybridized carbons (Fsp3) is 0.346. The highest BCUT2D eigenvalue weighted by atomic mass is 16.3. The Morgan fingerprint density at radius 2 is 1.70 bits per heavy atom. The van der Waals surface area contributed by atoms with Crippen LogP contribution in [0.25, 0.3) is 10.8 Å². The number of aliphatic hydroxyl groups excluding tert-OH is 1. The Morgan fingerprint density at radius 3 is 2.47 bits per heavy atom. The molecular weight excluding hydrogens is 372 g/mol. The minimum absolute atomic E-state index is 0.0681. The maximum Gasteiger partial charge on any atom is 0.256 e. The first-order valence-electron chi connectivity index (χ1n) is 10.9. The third-order valence-corrected chi connectivity index (χ3v) is 6.76. The number of hydrogen-bond acceptors (Lipinski definition) is 3. The van der Waals surface area contributed by atoms with Crippen LogP contribution in [-0.2, 0) is 0 Å². The van der Waals surface area contributed by atoms with Crippen LogP contribution in [0.2, 0.25) is 0 Å². The summed E-state index contributed by atoms with van der Waals surface area (Å²) < 4.78 is 0. The molecule has 2 aliphatic rings. The Balaban J connectivity index is 1.25. The Bertz CT molecular complexity index is 1080. The van der Waals surface area contributed by atoms with Gasteiger partial charge in [0, 0.05) is 29.6 Å². The third kappa shape index (κ3) is 3.40. The highest BCUT2D eigenvalue weighted by molar-refractivity contribution is 6.10. The summed E-state index contributed by atoms with van der Waals surface area (Å²) in [5, 5.41) is 12.8. The van der Waals surface area contributed by atoms with Crippen molar-refractivity contribution in [2.45, 2.75) is 31.9 Å². The van der Waals surface area contributed by atoms with Gasteiger partial charge < -0.3 is 14.9 Å².